The summed E-state index contributed by atoms with van der Waals surface area (Å²) in [5.74, 6) is 0.0854. The van der Waals surface area contributed by atoms with Gasteiger partial charge < -0.3 is 15.0 Å². The molecule has 0 amide bonds. The number of allylic oxidation sites excluding steroid dienone is 1. The van der Waals surface area contributed by atoms with Gasteiger partial charge in [0.25, 0.3) is 0 Å². The van der Waals surface area contributed by atoms with Crippen LogP contribution in [0.4, 0.5) is 37.7 Å². The maximum atomic E-state index is 12.7. The molecule has 0 aromatic heterocycles. The quantitative estimate of drug-likeness (QED) is 0.297. The van der Waals surface area contributed by atoms with Crippen LogP contribution in [0, 0.1) is 17.7 Å². The highest BCUT2D eigenvalue weighted by Crippen LogP contribution is 2.35. The molecule has 0 bridgehead atoms. The van der Waals surface area contributed by atoms with Gasteiger partial charge in [-0.25, -0.2) is 0 Å². The molecule has 2 aromatic carbocycles. The first-order valence-corrected chi connectivity index (χ1v) is 12.3. The number of rotatable bonds is 6. The second-order valence-electron chi connectivity index (χ2n) is 9.64. The third kappa shape index (κ3) is 8.66. The van der Waals surface area contributed by atoms with Crippen molar-refractivity contribution >= 4 is 11.4 Å². The molecular formula is C27H31F6N3O2. The van der Waals surface area contributed by atoms with E-state index in [-0.39, 0.29) is 24.6 Å². The van der Waals surface area contributed by atoms with Crippen molar-refractivity contribution in [3.8, 4) is 5.75 Å². The Bertz CT molecular complexity index is 1120. The molecule has 2 aromatic rings. The van der Waals surface area contributed by atoms with Crippen LogP contribution in [0.3, 0.4) is 0 Å². The second-order valence-corrected chi connectivity index (χ2v) is 9.64. The van der Waals surface area contributed by atoms with E-state index in [1.807, 2.05) is 18.2 Å². The fourth-order valence-electron chi connectivity index (χ4n) is 4.76. The normalized spacial score (nSPS) is 18.1. The predicted molar refractivity (Wildman–Crippen MR) is 135 cm³/mol. The number of hydrogen-bond donors (Lipinski definition) is 1. The Balaban J connectivity index is 0.000000732. The fourth-order valence-corrected chi connectivity index (χ4v) is 4.76. The van der Waals surface area contributed by atoms with E-state index in [1.54, 1.807) is 13.0 Å². The molecule has 4 rings (SSSR count). The molecule has 0 spiro atoms. The number of aryl methyl sites for hydroxylation is 2. The number of nitrogens with one attached hydrogen (secondary N) is 1. The summed E-state index contributed by atoms with van der Waals surface area (Å²) in [6.07, 6.45) is -4.76. The zero-order chi connectivity index (χ0) is 28.1. The average molecular weight is 544 g/mol. The number of ether oxygens (including phenoxy) is 1. The molecule has 1 atom stereocenters. The van der Waals surface area contributed by atoms with E-state index < -0.39 is 12.5 Å². The highest BCUT2D eigenvalue weighted by atomic mass is 19.4. The molecule has 1 aliphatic heterocycles. The highest BCUT2D eigenvalue weighted by molar-refractivity contribution is 5.59. The molecular weight excluding hydrogens is 512 g/mol. The number of hydrogen-bond acceptors (Lipinski definition) is 5. The van der Waals surface area contributed by atoms with Crippen molar-refractivity contribution in [3.05, 3.63) is 70.3 Å². The minimum atomic E-state index is -4.71. The van der Waals surface area contributed by atoms with Crippen molar-refractivity contribution in [2.75, 3.05) is 23.3 Å². The minimum absolute atomic E-state index is 0.162. The first kappa shape index (κ1) is 29.3. The zero-order valence-electron chi connectivity index (χ0n) is 21.3. The van der Waals surface area contributed by atoms with Gasteiger partial charge in [-0.15, -0.1) is 13.2 Å². The highest BCUT2D eigenvalue weighted by Gasteiger charge is 2.32. The number of nitroso groups, excluding NO2 is 1. The standard InChI is InChI=1S/C25H28F3N3O2.C2H3F3/c1-16-6-9-21(15-24(16)33-25(26,27)28)31-12-10-18(11-13-31)17(2)29-23-5-3-4-19-7-8-20(30-32)14-22(19)23;1-2(3,4)5/h3-6,9,15,18,20,29H,2,7-8,10-14H2,1H3;1H3. The number of fused-ring (bicyclic) bond motifs is 1. The van der Waals surface area contributed by atoms with E-state index in [2.05, 4.69) is 32.8 Å². The maximum absolute atomic E-state index is 12.7. The van der Waals surface area contributed by atoms with E-state index in [9.17, 15) is 31.2 Å². The van der Waals surface area contributed by atoms with Gasteiger partial charge in [0.1, 0.15) is 5.75 Å². The number of benzene rings is 2. The third-order valence-corrected chi connectivity index (χ3v) is 6.65. The summed E-state index contributed by atoms with van der Waals surface area (Å²) in [5.41, 5.74) is 5.47. The Labute approximate surface area is 217 Å². The van der Waals surface area contributed by atoms with Crippen molar-refractivity contribution in [2.45, 2.75) is 64.5 Å². The van der Waals surface area contributed by atoms with E-state index in [0.29, 0.717) is 25.1 Å². The molecule has 0 saturated carbocycles. The number of nitrogens with zero attached hydrogens (tertiary/aromatic N) is 2. The van der Waals surface area contributed by atoms with Gasteiger partial charge in [0.15, 0.2) is 0 Å². The molecule has 38 heavy (non-hydrogen) atoms. The van der Waals surface area contributed by atoms with Crippen LogP contribution < -0.4 is 15.0 Å². The van der Waals surface area contributed by atoms with Crippen molar-refractivity contribution in [1.82, 2.24) is 0 Å². The van der Waals surface area contributed by atoms with Gasteiger partial charge in [-0.1, -0.05) is 30.0 Å². The van der Waals surface area contributed by atoms with Crippen molar-refractivity contribution < 1.29 is 31.1 Å². The lowest BCUT2D eigenvalue weighted by Gasteiger charge is -2.35. The van der Waals surface area contributed by atoms with Crippen LogP contribution in [-0.2, 0) is 12.8 Å². The summed E-state index contributed by atoms with van der Waals surface area (Å²) in [5, 5.41) is 6.73. The molecule has 11 heteroatoms. The monoisotopic (exact) mass is 543 g/mol. The van der Waals surface area contributed by atoms with Crippen LogP contribution >= 0.6 is 0 Å². The fraction of sp³-hybridized carbons (Fsp3) is 0.481. The summed E-state index contributed by atoms with van der Waals surface area (Å²) in [4.78, 5) is 13.1. The lowest BCUT2D eigenvalue weighted by atomic mass is 9.87. The van der Waals surface area contributed by atoms with Gasteiger partial charge in [0.05, 0.1) is 6.04 Å². The molecule has 1 N–H and O–H groups in total. The minimum Gasteiger partial charge on any atom is -0.405 e. The molecule has 1 fully saturated rings. The molecule has 1 unspecified atom stereocenters. The summed E-state index contributed by atoms with van der Waals surface area (Å²) in [6, 6.07) is 10.9. The van der Waals surface area contributed by atoms with Crippen molar-refractivity contribution in [2.24, 2.45) is 11.1 Å². The van der Waals surface area contributed by atoms with Crippen LogP contribution in [0.1, 0.15) is 42.9 Å². The largest absolute Gasteiger partial charge is 0.573 e. The van der Waals surface area contributed by atoms with Gasteiger partial charge in [-0.3, -0.25) is 0 Å². The molecule has 0 radical (unpaired) electrons. The average Bonchev–Trinajstić information content (AvgIpc) is 2.83. The van der Waals surface area contributed by atoms with E-state index in [0.717, 1.165) is 48.3 Å². The van der Waals surface area contributed by atoms with Gasteiger partial charge in [-0.05, 0) is 61.4 Å². The molecule has 5 nitrogen and oxygen atoms in total. The van der Waals surface area contributed by atoms with Gasteiger partial charge in [0.2, 0.25) is 0 Å². The molecule has 1 saturated heterocycles. The van der Waals surface area contributed by atoms with Gasteiger partial charge in [0, 0.05) is 55.5 Å². The van der Waals surface area contributed by atoms with Crippen LogP contribution in [0.15, 0.2) is 53.9 Å². The van der Waals surface area contributed by atoms with Crippen LogP contribution in [-0.4, -0.2) is 31.7 Å². The zero-order valence-corrected chi connectivity index (χ0v) is 21.3. The Kier molecular flexibility index (Phi) is 9.32. The smallest absolute Gasteiger partial charge is 0.405 e. The lowest BCUT2D eigenvalue weighted by molar-refractivity contribution is -0.274. The number of halogens is 6. The summed E-state index contributed by atoms with van der Waals surface area (Å²) in [6.45, 7) is 7.48. The number of piperidine rings is 1. The van der Waals surface area contributed by atoms with Crippen LogP contribution in [0.25, 0.3) is 0 Å². The Morgan fingerprint density at radius 3 is 2.34 bits per heavy atom. The second kappa shape index (κ2) is 12.1. The lowest BCUT2D eigenvalue weighted by Crippen LogP contribution is -2.35. The van der Waals surface area contributed by atoms with Gasteiger partial charge >= 0.3 is 12.5 Å². The number of anilines is 2. The molecule has 1 heterocycles. The Hall–Kier alpha value is -3.24. The third-order valence-electron chi connectivity index (χ3n) is 6.65. The van der Waals surface area contributed by atoms with E-state index in [4.69, 9.17) is 0 Å². The predicted octanol–water partition coefficient (Wildman–Crippen LogP) is 7.93. The molecule has 2 aliphatic rings. The van der Waals surface area contributed by atoms with Crippen molar-refractivity contribution in [3.63, 3.8) is 0 Å². The summed E-state index contributed by atoms with van der Waals surface area (Å²) < 4.78 is 73.3. The van der Waals surface area contributed by atoms with Crippen LogP contribution in [0.2, 0.25) is 0 Å². The molecule has 1 aliphatic carbocycles. The Morgan fingerprint density at radius 1 is 1.08 bits per heavy atom. The van der Waals surface area contributed by atoms with Crippen LogP contribution in [0.5, 0.6) is 5.75 Å². The van der Waals surface area contributed by atoms with Crippen molar-refractivity contribution in [1.29, 1.82) is 0 Å². The first-order chi connectivity index (χ1) is 17.7. The summed E-state index contributed by atoms with van der Waals surface area (Å²) >= 11 is 0. The Morgan fingerprint density at radius 2 is 1.74 bits per heavy atom. The topological polar surface area (TPSA) is 53.9 Å². The SMILES string of the molecule is C=C(Nc1cccc2c1CC(N=O)CC2)C1CCN(c2ccc(C)c(OC(F)(F)F)c2)CC1.CC(F)(F)F. The summed E-state index contributed by atoms with van der Waals surface area (Å²) in [7, 11) is 0. The molecule has 208 valence electrons. The van der Waals surface area contributed by atoms with E-state index in [1.165, 1.54) is 11.6 Å². The maximum Gasteiger partial charge on any atom is 0.573 e. The van der Waals surface area contributed by atoms with Gasteiger partial charge in [-0.2, -0.15) is 18.1 Å². The van der Waals surface area contributed by atoms with E-state index >= 15 is 0 Å². The first-order valence-electron chi connectivity index (χ1n) is 12.3. The number of alkyl halides is 6.